The van der Waals surface area contributed by atoms with Gasteiger partial charge in [-0.3, -0.25) is 4.79 Å². The second-order valence-corrected chi connectivity index (χ2v) is 8.93. The van der Waals surface area contributed by atoms with E-state index in [1.54, 1.807) is 17.6 Å². The fraction of sp³-hybridized carbons (Fsp3) is 0.375. The lowest BCUT2D eigenvalue weighted by molar-refractivity contribution is -0.126. The van der Waals surface area contributed by atoms with Crippen molar-refractivity contribution in [3.8, 4) is 0 Å². The molecule has 1 aliphatic heterocycles. The zero-order valence-electron chi connectivity index (χ0n) is 13.4. The monoisotopic (exact) mass is 399 g/mol. The summed E-state index contributed by atoms with van der Waals surface area (Å²) in [6, 6.07) is 6.24. The van der Waals surface area contributed by atoms with E-state index in [2.05, 4.69) is 10.3 Å². The van der Waals surface area contributed by atoms with E-state index < -0.39 is 10.0 Å². The number of hydrogen-bond donors (Lipinski definition) is 1. The molecule has 0 radical (unpaired) electrons. The van der Waals surface area contributed by atoms with Gasteiger partial charge in [0.05, 0.1) is 22.6 Å². The molecule has 0 aliphatic carbocycles. The van der Waals surface area contributed by atoms with Crippen LogP contribution in [0.25, 0.3) is 0 Å². The van der Waals surface area contributed by atoms with Crippen LogP contribution in [0.3, 0.4) is 0 Å². The molecule has 1 amide bonds. The summed E-state index contributed by atoms with van der Waals surface area (Å²) in [6.45, 7) is 1.05. The quantitative estimate of drug-likeness (QED) is 0.837. The van der Waals surface area contributed by atoms with Gasteiger partial charge in [-0.05, 0) is 31.0 Å². The maximum Gasteiger partial charge on any atom is 0.243 e. The minimum absolute atomic E-state index is 0.0483. The Morgan fingerprint density at radius 3 is 2.76 bits per heavy atom. The van der Waals surface area contributed by atoms with E-state index >= 15 is 0 Å². The first-order valence-corrected chi connectivity index (χ1v) is 10.6. The molecule has 25 heavy (non-hydrogen) atoms. The summed E-state index contributed by atoms with van der Waals surface area (Å²) in [7, 11) is -3.57. The lowest BCUT2D eigenvalue weighted by Crippen LogP contribution is -2.42. The fourth-order valence-electron chi connectivity index (χ4n) is 2.78. The zero-order chi connectivity index (χ0) is 17.9. The molecule has 1 saturated heterocycles. The minimum Gasteiger partial charge on any atom is -0.350 e. The Balaban J connectivity index is 1.57. The Kier molecular flexibility index (Phi) is 5.73. The van der Waals surface area contributed by atoms with Gasteiger partial charge in [-0.2, -0.15) is 4.31 Å². The molecule has 0 unspecified atom stereocenters. The Bertz CT molecular complexity index is 832. The highest BCUT2D eigenvalue weighted by Gasteiger charge is 2.32. The summed E-state index contributed by atoms with van der Waals surface area (Å²) in [4.78, 5) is 16.6. The number of amides is 1. The SMILES string of the molecule is O=C(NCc1cscn1)C1CCN(S(=O)(=O)c2cccc(Cl)c2)CC1. The van der Waals surface area contributed by atoms with Crippen molar-refractivity contribution in [3.63, 3.8) is 0 Å². The Morgan fingerprint density at radius 1 is 1.36 bits per heavy atom. The van der Waals surface area contributed by atoms with Crippen molar-refractivity contribution in [2.24, 2.45) is 5.92 Å². The molecule has 9 heteroatoms. The van der Waals surface area contributed by atoms with Crippen molar-refractivity contribution >= 4 is 38.9 Å². The van der Waals surface area contributed by atoms with Gasteiger partial charge >= 0.3 is 0 Å². The molecule has 0 atom stereocenters. The molecular weight excluding hydrogens is 382 g/mol. The average molecular weight is 400 g/mol. The van der Waals surface area contributed by atoms with Gasteiger partial charge in [0.1, 0.15) is 0 Å². The first-order chi connectivity index (χ1) is 12.0. The van der Waals surface area contributed by atoms with Gasteiger partial charge in [-0.25, -0.2) is 13.4 Å². The third-order valence-electron chi connectivity index (χ3n) is 4.19. The highest BCUT2D eigenvalue weighted by molar-refractivity contribution is 7.89. The van der Waals surface area contributed by atoms with Gasteiger partial charge in [0.2, 0.25) is 15.9 Å². The van der Waals surface area contributed by atoms with Gasteiger partial charge in [-0.15, -0.1) is 11.3 Å². The van der Waals surface area contributed by atoms with Gasteiger partial charge in [-0.1, -0.05) is 17.7 Å². The average Bonchev–Trinajstić information content (AvgIpc) is 3.13. The summed E-state index contributed by atoms with van der Waals surface area (Å²) in [5.74, 6) is -0.225. The first kappa shape index (κ1) is 18.3. The van der Waals surface area contributed by atoms with Crippen LogP contribution in [0.2, 0.25) is 5.02 Å². The molecule has 0 spiro atoms. The van der Waals surface area contributed by atoms with Crippen LogP contribution < -0.4 is 5.32 Å². The molecule has 2 heterocycles. The van der Waals surface area contributed by atoms with Crippen molar-refractivity contribution in [1.29, 1.82) is 0 Å². The molecular formula is C16H18ClN3O3S2. The van der Waals surface area contributed by atoms with Crippen molar-refractivity contribution in [2.45, 2.75) is 24.3 Å². The fourth-order valence-corrected chi connectivity index (χ4v) is 5.11. The molecule has 1 aliphatic rings. The van der Waals surface area contributed by atoms with Crippen LogP contribution in [0.5, 0.6) is 0 Å². The molecule has 1 N–H and O–H groups in total. The van der Waals surface area contributed by atoms with Crippen LogP contribution in [0, 0.1) is 5.92 Å². The van der Waals surface area contributed by atoms with E-state index in [1.165, 1.54) is 27.8 Å². The van der Waals surface area contributed by atoms with Gasteiger partial charge in [0.15, 0.2) is 0 Å². The highest BCUT2D eigenvalue weighted by Crippen LogP contribution is 2.25. The largest absolute Gasteiger partial charge is 0.350 e. The van der Waals surface area contributed by atoms with E-state index in [-0.39, 0.29) is 16.7 Å². The number of rotatable bonds is 5. The number of hydrogen-bond acceptors (Lipinski definition) is 5. The maximum atomic E-state index is 12.7. The predicted octanol–water partition coefficient (Wildman–Crippen LogP) is 2.51. The number of sulfonamides is 1. The highest BCUT2D eigenvalue weighted by atomic mass is 35.5. The number of piperidine rings is 1. The minimum atomic E-state index is -3.57. The van der Waals surface area contributed by atoms with Gasteiger partial charge in [0.25, 0.3) is 0 Å². The molecule has 3 rings (SSSR count). The molecule has 134 valence electrons. The number of nitrogens with zero attached hydrogens (tertiary/aromatic N) is 2. The lowest BCUT2D eigenvalue weighted by Gasteiger charge is -2.30. The van der Waals surface area contributed by atoms with Gasteiger partial charge < -0.3 is 5.32 Å². The molecule has 0 saturated carbocycles. The molecule has 1 fully saturated rings. The molecule has 1 aromatic carbocycles. The first-order valence-electron chi connectivity index (χ1n) is 7.87. The van der Waals surface area contributed by atoms with Crippen LogP contribution in [0.15, 0.2) is 40.1 Å². The van der Waals surface area contributed by atoms with E-state index in [1.807, 2.05) is 5.38 Å². The van der Waals surface area contributed by atoms with Crippen molar-refractivity contribution in [1.82, 2.24) is 14.6 Å². The lowest BCUT2D eigenvalue weighted by atomic mass is 9.97. The molecule has 2 aromatic rings. The van der Waals surface area contributed by atoms with Crippen molar-refractivity contribution in [2.75, 3.05) is 13.1 Å². The zero-order valence-corrected chi connectivity index (χ0v) is 15.8. The second kappa shape index (κ2) is 7.82. The predicted molar refractivity (Wildman–Crippen MR) is 96.9 cm³/mol. The smallest absolute Gasteiger partial charge is 0.243 e. The second-order valence-electron chi connectivity index (χ2n) is 5.83. The van der Waals surface area contributed by atoms with Crippen LogP contribution in [0.1, 0.15) is 18.5 Å². The number of carbonyl (C=O) groups is 1. The number of aromatic nitrogens is 1. The summed E-state index contributed by atoms with van der Waals surface area (Å²) < 4.78 is 26.7. The topological polar surface area (TPSA) is 79.4 Å². The van der Waals surface area contributed by atoms with E-state index in [0.717, 1.165) is 5.69 Å². The van der Waals surface area contributed by atoms with E-state index in [4.69, 9.17) is 11.6 Å². The van der Waals surface area contributed by atoms with E-state index in [0.29, 0.717) is 37.5 Å². The summed E-state index contributed by atoms with van der Waals surface area (Å²) in [6.07, 6.45) is 1.01. The van der Waals surface area contributed by atoms with Crippen LogP contribution in [-0.2, 0) is 21.4 Å². The maximum absolute atomic E-state index is 12.7. The number of benzene rings is 1. The molecule has 0 bridgehead atoms. The number of nitrogens with one attached hydrogen (secondary N) is 1. The van der Waals surface area contributed by atoms with E-state index in [9.17, 15) is 13.2 Å². The Labute approximate surface area is 155 Å². The standard InChI is InChI=1S/C16H18ClN3O3S2/c17-13-2-1-3-15(8-13)25(22,23)20-6-4-12(5-7-20)16(21)18-9-14-10-24-11-19-14/h1-3,8,10-12H,4-7,9H2,(H,18,21). The Hall–Kier alpha value is -1.48. The van der Waals surface area contributed by atoms with Crippen molar-refractivity contribution in [3.05, 3.63) is 45.9 Å². The molecule has 1 aromatic heterocycles. The van der Waals surface area contributed by atoms with Crippen molar-refractivity contribution < 1.29 is 13.2 Å². The number of halogens is 1. The van der Waals surface area contributed by atoms with Crippen LogP contribution in [-0.4, -0.2) is 36.7 Å². The summed E-state index contributed by atoms with van der Waals surface area (Å²) in [5, 5.41) is 5.14. The Morgan fingerprint density at radius 2 is 2.12 bits per heavy atom. The normalized spacial score (nSPS) is 16.7. The number of thiazole rings is 1. The number of carbonyl (C=O) groups excluding carboxylic acids is 1. The van der Waals surface area contributed by atoms with Gasteiger partial charge in [0, 0.05) is 29.4 Å². The van der Waals surface area contributed by atoms with Crippen LogP contribution >= 0.6 is 22.9 Å². The summed E-state index contributed by atoms with van der Waals surface area (Å²) >= 11 is 7.37. The summed E-state index contributed by atoms with van der Waals surface area (Å²) in [5.41, 5.74) is 2.56. The third-order valence-corrected chi connectivity index (χ3v) is 6.95. The third kappa shape index (κ3) is 4.38. The molecule has 6 nitrogen and oxygen atoms in total. The van der Waals surface area contributed by atoms with Crippen LogP contribution in [0.4, 0.5) is 0 Å².